The molecule has 0 aliphatic carbocycles. The fraction of sp³-hybridized carbons (Fsp3) is 0.240. The molecule has 2 aliphatic heterocycles. The summed E-state index contributed by atoms with van der Waals surface area (Å²) in [5.41, 5.74) is 2.58. The first kappa shape index (κ1) is 23.4. The van der Waals surface area contributed by atoms with E-state index in [1.165, 1.54) is 18.9 Å². The van der Waals surface area contributed by atoms with E-state index < -0.39 is 12.0 Å². The topological polar surface area (TPSA) is 89.5 Å². The number of ether oxygens (including phenoxy) is 3. The van der Waals surface area contributed by atoms with E-state index in [1.54, 1.807) is 31.2 Å². The summed E-state index contributed by atoms with van der Waals surface area (Å²) in [6.45, 7) is 3.67. The third-order valence-corrected chi connectivity index (χ3v) is 6.01. The van der Waals surface area contributed by atoms with Crippen LogP contribution in [-0.2, 0) is 14.3 Å². The van der Waals surface area contributed by atoms with Crippen LogP contribution in [0.5, 0.6) is 11.5 Å². The molecular formula is C25H25N3O5S. The number of rotatable bonds is 8. The van der Waals surface area contributed by atoms with Crippen LogP contribution in [0.25, 0.3) is 0 Å². The number of hydrogen-bond donors (Lipinski definition) is 1. The number of benzene rings is 2. The number of amides is 1. The zero-order chi connectivity index (χ0) is 24.1. The number of allylic oxidation sites excluding steroid dienone is 1. The minimum atomic E-state index is -0.429. The Balaban J connectivity index is 1.57. The van der Waals surface area contributed by atoms with Crippen LogP contribution in [-0.4, -0.2) is 42.3 Å². The molecule has 2 heterocycles. The zero-order valence-corrected chi connectivity index (χ0v) is 19.9. The molecule has 34 heavy (non-hydrogen) atoms. The molecule has 4 rings (SSSR count). The van der Waals surface area contributed by atoms with Gasteiger partial charge in [0.25, 0.3) is 5.91 Å². The highest BCUT2D eigenvalue weighted by atomic mass is 32.2. The molecule has 176 valence electrons. The van der Waals surface area contributed by atoms with Crippen LogP contribution < -0.4 is 14.8 Å². The average Bonchev–Trinajstić information content (AvgIpc) is 3.30. The molecule has 0 fully saturated rings. The van der Waals surface area contributed by atoms with Gasteiger partial charge in [-0.25, -0.2) is 9.79 Å². The molecule has 0 saturated carbocycles. The second-order valence-corrected chi connectivity index (χ2v) is 8.31. The van der Waals surface area contributed by atoms with Gasteiger partial charge in [-0.2, -0.15) is 0 Å². The highest BCUT2D eigenvalue weighted by molar-refractivity contribution is 8.16. The van der Waals surface area contributed by atoms with Crippen LogP contribution >= 0.6 is 11.8 Å². The first-order valence-corrected chi connectivity index (χ1v) is 11.6. The van der Waals surface area contributed by atoms with Gasteiger partial charge in [-0.3, -0.25) is 4.79 Å². The number of carbonyl (C=O) groups is 2. The van der Waals surface area contributed by atoms with Crippen molar-refractivity contribution in [3.8, 4) is 11.5 Å². The zero-order valence-electron chi connectivity index (χ0n) is 19.1. The number of esters is 1. The van der Waals surface area contributed by atoms with Crippen molar-refractivity contribution in [1.29, 1.82) is 0 Å². The molecule has 2 aliphatic rings. The molecule has 0 aromatic heterocycles. The largest absolute Gasteiger partial charge is 0.493 e. The average molecular weight is 480 g/mol. The van der Waals surface area contributed by atoms with E-state index in [2.05, 4.69) is 10.3 Å². The van der Waals surface area contributed by atoms with Gasteiger partial charge in [0.15, 0.2) is 23.3 Å². The number of amidine groups is 1. The van der Waals surface area contributed by atoms with Gasteiger partial charge >= 0.3 is 5.97 Å². The highest BCUT2D eigenvalue weighted by Crippen LogP contribution is 2.43. The monoisotopic (exact) mass is 479 g/mol. The Morgan fingerprint density at radius 3 is 2.68 bits per heavy atom. The normalized spacial score (nSPS) is 16.6. The summed E-state index contributed by atoms with van der Waals surface area (Å²) < 4.78 is 16.6. The van der Waals surface area contributed by atoms with Gasteiger partial charge in [0.05, 0.1) is 31.0 Å². The maximum atomic E-state index is 12.8. The van der Waals surface area contributed by atoms with E-state index in [0.29, 0.717) is 28.5 Å². The van der Waals surface area contributed by atoms with E-state index in [1.807, 2.05) is 47.7 Å². The van der Waals surface area contributed by atoms with Gasteiger partial charge in [0.1, 0.15) is 0 Å². The van der Waals surface area contributed by atoms with Crippen LogP contribution in [0.2, 0.25) is 0 Å². The molecule has 0 radical (unpaired) electrons. The quantitative estimate of drug-likeness (QED) is 0.559. The first-order valence-electron chi connectivity index (χ1n) is 10.8. The van der Waals surface area contributed by atoms with E-state index in [0.717, 1.165) is 10.7 Å². The molecule has 8 nitrogen and oxygen atoms in total. The summed E-state index contributed by atoms with van der Waals surface area (Å²) in [5.74, 6) is 0.178. The van der Waals surface area contributed by atoms with Crippen LogP contribution in [0.1, 0.15) is 25.5 Å². The van der Waals surface area contributed by atoms with Crippen molar-refractivity contribution in [2.45, 2.75) is 19.9 Å². The minimum Gasteiger partial charge on any atom is -0.493 e. The first-order chi connectivity index (χ1) is 16.5. The number of nitrogens with one attached hydrogen (secondary N) is 1. The Morgan fingerprint density at radius 1 is 1.15 bits per heavy atom. The SMILES string of the molecule is CCOC(=O)C1=C(C)N=C2SC=CN2[C@H]1c1ccc(OCC(=O)Nc2ccccc2)c(OC)c1. The summed E-state index contributed by atoms with van der Waals surface area (Å²) in [5, 5.41) is 5.49. The number of thioether (sulfide) groups is 1. The maximum Gasteiger partial charge on any atom is 0.338 e. The molecule has 0 unspecified atom stereocenters. The lowest BCUT2D eigenvalue weighted by atomic mass is 9.94. The number of fused-ring (bicyclic) bond motifs is 1. The number of aliphatic imine (C=N–C) groups is 1. The molecule has 1 atom stereocenters. The lowest BCUT2D eigenvalue weighted by Gasteiger charge is -2.33. The Bertz CT molecular complexity index is 1180. The van der Waals surface area contributed by atoms with Crippen molar-refractivity contribution in [2.75, 3.05) is 25.6 Å². The highest BCUT2D eigenvalue weighted by Gasteiger charge is 2.37. The van der Waals surface area contributed by atoms with E-state index in [4.69, 9.17) is 14.2 Å². The van der Waals surface area contributed by atoms with Crippen LogP contribution in [0.4, 0.5) is 5.69 Å². The molecule has 0 spiro atoms. The van der Waals surface area contributed by atoms with Crippen LogP contribution in [0.3, 0.4) is 0 Å². The third-order valence-electron chi connectivity index (χ3n) is 5.24. The molecule has 0 saturated heterocycles. The number of nitrogens with zero attached hydrogens (tertiary/aromatic N) is 2. The van der Waals surface area contributed by atoms with Gasteiger partial charge in [-0.05, 0) is 49.1 Å². The molecule has 0 bridgehead atoms. The van der Waals surface area contributed by atoms with Crippen molar-refractivity contribution < 1.29 is 23.8 Å². The van der Waals surface area contributed by atoms with Crippen molar-refractivity contribution in [2.24, 2.45) is 4.99 Å². The minimum absolute atomic E-state index is 0.177. The number of para-hydroxylation sites is 1. The van der Waals surface area contributed by atoms with E-state index >= 15 is 0 Å². The molecule has 2 aromatic carbocycles. The number of hydrogen-bond acceptors (Lipinski definition) is 8. The van der Waals surface area contributed by atoms with E-state index in [9.17, 15) is 9.59 Å². The summed E-state index contributed by atoms with van der Waals surface area (Å²) in [7, 11) is 1.53. The second-order valence-electron chi connectivity index (χ2n) is 7.44. The van der Waals surface area contributed by atoms with Gasteiger partial charge in [-0.15, -0.1) is 0 Å². The van der Waals surface area contributed by atoms with Gasteiger partial charge in [0.2, 0.25) is 0 Å². The smallest absolute Gasteiger partial charge is 0.338 e. The third kappa shape index (κ3) is 4.94. The standard InChI is InChI=1S/C25H25N3O5S/c1-4-32-24(30)22-16(2)26-25-28(12-13-34-25)23(22)17-10-11-19(20(14-17)31-3)33-15-21(29)27-18-8-6-5-7-9-18/h5-14,23H,4,15H2,1-3H3,(H,27,29)/t23-/m0/s1. The fourth-order valence-electron chi connectivity index (χ4n) is 3.73. The second kappa shape index (κ2) is 10.5. The van der Waals surface area contributed by atoms with Crippen LogP contribution in [0, 0.1) is 0 Å². The molecule has 9 heteroatoms. The van der Waals surface area contributed by atoms with E-state index in [-0.39, 0.29) is 19.1 Å². The van der Waals surface area contributed by atoms with Crippen molar-refractivity contribution >= 4 is 34.5 Å². The van der Waals surface area contributed by atoms with Gasteiger partial charge < -0.3 is 24.4 Å². The summed E-state index contributed by atoms with van der Waals surface area (Å²) in [4.78, 5) is 31.6. The van der Waals surface area contributed by atoms with Crippen molar-refractivity contribution in [3.05, 3.63) is 77.0 Å². The Morgan fingerprint density at radius 2 is 1.94 bits per heavy atom. The molecule has 1 N–H and O–H groups in total. The van der Waals surface area contributed by atoms with Crippen molar-refractivity contribution in [3.63, 3.8) is 0 Å². The predicted molar refractivity (Wildman–Crippen MR) is 132 cm³/mol. The Hall–Kier alpha value is -3.72. The summed E-state index contributed by atoms with van der Waals surface area (Å²) in [6.07, 6.45) is 1.89. The number of carbonyl (C=O) groups excluding carboxylic acids is 2. The number of methoxy groups -OCH3 is 1. The van der Waals surface area contributed by atoms with Crippen molar-refractivity contribution in [1.82, 2.24) is 4.90 Å². The van der Waals surface area contributed by atoms with Gasteiger partial charge in [0, 0.05) is 11.9 Å². The summed E-state index contributed by atoms with van der Waals surface area (Å²) >= 11 is 1.49. The predicted octanol–water partition coefficient (Wildman–Crippen LogP) is 4.48. The lowest BCUT2D eigenvalue weighted by Crippen LogP contribution is -2.34. The van der Waals surface area contributed by atoms with Crippen LogP contribution in [0.15, 0.2) is 76.4 Å². The Labute approximate surface area is 202 Å². The molecular weight excluding hydrogens is 454 g/mol. The molecule has 2 aromatic rings. The Kier molecular flexibility index (Phi) is 7.22. The number of anilines is 1. The fourth-order valence-corrected chi connectivity index (χ4v) is 4.52. The summed E-state index contributed by atoms with van der Waals surface area (Å²) in [6, 6.07) is 14.1. The maximum absolute atomic E-state index is 12.8. The van der Waals surface area contributed by atoms with Gasteiger partial charge in [-0.1, -0.05) is 36.0 Å². The lowest BCUT2D eigenvalue weighted by molar-refractivity contribution is -0.139. The molecule has 1 amide bonds.